The molecule has 1 aliphatic carbocycles. The third-order valence-electron chi connectivity index (χ3n) is 5.60. The lowest BCUT2D eigenvalue weighted by atomic mass is 9.98. The lowest BCUT2D eigenvalue weighted by Gasteiger charge is -2.07. The van der Waals surface area contributed by atoms with Crippen molar-refractivity contribution in [1.82, 2.24) is 0 Å². The van der Waals surface area contributed by atoms with Crippen LogP contribution in [-0.4, -0.2) is 18.5 Å². The van der Waals surface area contributed by atoms with E-state index in [1.54, 1.807) is 20.0 Å². The van der Waals surface area contributed by atoms with Crippen molar-refractivity contribution in [3.05, 3.63) is 120 Å². The highest BCUT2D eigenvalue weighted by Gasteiger charge is 2.22. The van der Waals surface area contributed by atoms with Gasteiger partial charge in [0.2, 0.25) is 0 Å². The SMILES string of the molecule is C=CC(=C)/C(C=C)=C(/C)CC1CC1.CC.CC.CC(=O)c1ccccc1.CN=C(C)C.Cc1ccccc1C. The molecule has 0 radical (unpaired) electrons. The van der Waals surface area contributed by atoms with Crippen molar-refractivity contribution in [2.45, 2.75) is 88.5 Å². The zero-order valence-electron chi connectivity index (χ0n) is 27.0. The maximum Gasteiger partial charge on any atom is 0.159 e. The Balaban J connectivity index is -0.000000443. The fourth-order valence-corrected chi connectivity index (χ4v) is 2.89. The Hall–Kier alpha value is -3.26. The maximum atomic E-state index is 10.6. The summed E-state index contributed by atoms with van der Waals surface area (Å²) in [7, 11) is 1.79. The molecule has 0 aliphatic heterocycles. The molecule has 0 atom stereocenters. The molecule has 0 heterocycles. The van der Waals surface area contributed by atoms with Crippen LogP contribution in [0.2, 0.25) is 0 Å². The van der Waals surface area contributed by atoms with Gasteiger partial charge in [-0.2, -0.15) is 0 Å². The molecule has 0 bridgehead atoms. The smallest absolute Gasteiger partial charge is 0.159 e. The summed E-state index contributed by atoms with van der Waals surface area (Å²) < 4.78 is 0. The number of carbonyl (C=O) groups excluding carboxylic acids is 1. The van der Waals surface area contributed by atoms with E-state index in [1.807, 2.05) is 78.0 Å². The van der Waals surface area contributed by atoms with E-state index in [0.717, 1.165) is 22.8 Å². The predicted octanol–water partition coefficient (Wildman–Crippen LogP) is 11.4. The number of allylic oxidation sites excluding steroid dienone is 5. The number of carbonyl (C=O) groups is 1. The molecule has 1 fully saturated rings. The normalized spacial score (nSPS) is 11.1. The Morgan fingerprint density at radius 3 is 1.49 bits per heavy atom. The Morgan fingerprint density at radius 2 is 1.23 bits per heavy atom. The summed E-state index contributed by atoms with van der Waals surface area (Å²) in [6.45, 7) is 31.4. The van der Waals surface area contributed by atoms with Gasteiger partial charge in [0, 0.05) is 18.3 Å². The summed E-state index contributed by atoms with van der Waals surface area (Å²) in [6, 6.07) is 17.6. The average Bonchev–Trinajstić information content (AvgIpc) is 3.78. The van der Waals surface area contributed by atoms with Crippen molar-refractivity contribution >= 4 is 11.5 Å². The number of rotatable bonds is 6. The summed E-state index contributed by atoms with van der Waals surface area (Å²) >= 11 is 0. The first-order chi connectivity index (χ1) is 18.6. The molecule has 2 nitrogen and oxygen atoms in total. The minimum absolute atomic E-state index is 0.121. The van der Waals surface area contributed by atoms with Gasteiger partial charge in [-0.15, -0.1) is 0 Å². The highest BCUT2D eigenvalue weighted by molar-refractivity contribution is 5.93. The summed E-state index contributed by atoms with van der Waals surface area (Å²) in [5.41, 5.74) is 8.22. The number of aliphatic imine (C=N–C) groups is 1. The van der Waals surface area contributed by atoms with Crippen LogP contribution in [0.1, 0.15) is 96.1 Å². The van der Waals surface area contributed by atoms with Crippen molar-refractivity contribution in [3.8, 4) is 0 Å². The van der Waals surface area contributed by atoms with Gasteiger partial charge < -0.3 is 0 Å². The van der Waals surface area contributed by atoms with E-state index in [-0.39, 0.29) is 5.78 Å². The third-order valence-corrected chi connectivity index (χ3v) is 5.60. The van der Waals surface area contributed by atoms with Crippen LogP contribution in [0.25, 0.3) is 0 Å². The molecule has 216 valence electrons. The minimum Gasteiger partial charge on any atom is -0.298 e. The molecule has 0 spiro atoms. The van der Waals surface area contributed by atoms with Gasteiger partial charge in [0.25, 0.3) is 0 Å². The van der Waals surface area contributed by atoms with Crippen LogP contribution in [0, 0.1) is 19.8 Å². The average molecular weight is 532 g/mol. The number of benzene rings is 2. The van der Waals surface area contributed by atoms with Crippen molar-refractivity contribution < 1.29 is 4.79 Å². The quantitative estimate of drug-likeness (QED) is 0.207. The van der Waals surface area contributed by atoms with Gasteiger partial charge in [0.15, 0.2) is 5.78 Å². The first-order valence-corrected chi connectivity index (χ1v) is 14.2. The molecule has 2 aromatic rings. The highest BCUT2D eigenvalue weighted by Crippen LogP contribution is 2.36. The van der Waals surface area contributed by atoms with Crippen LogP contribution >= 0.6 is 0 Å². The van der Waals surface area contributed by atoms with E-state index in [4.69, 9.17) is 0 Å². The Bertz CT molecular complexity index is 980. The number of ketones is 1. The van der Waals surface area contributed by atoms with Gasteiger partial charge in [0.1, 0.15) is 0 Å². The highest BCUT2D eigenvalue weighted by atomic mass is 16.1. The van der Waals surface area contributed by atoms with Crippen molar-refractivity contribution in [1.29, 1.82) is 0 Å². The van der Waals surface area contributed by atoms with E-state index in [2.05, 4.69) is 69.8 Å². The lowest BCUT2D eigenvalue weighted by molar-refractivity contribution is 0.101. The molecule has 0 aromatic heterocycles. The Morgan fingerprint density at radius 1 is 0.821 bits per heavy atom. The van der Waals surface area contributed by atoms with Crippen LogP contribution in [0.15, 0.2) is 108 Å². The molecule has 0 saturated heterocycles. The van der Waals surface area contributed by atoms with Gasteiger partial charge >= 0.3 is 0 Å². The van der Waals surface area contributed by atoms with Gasteiger partial charge in [-0.25, -0.2) is 0 Å². The van der Waals surface area contributed by atoms with E-state index >= 15 is 0 Å². The lowest BCUT2D eigenvalue weighted by Crippen LogP contribution is -1.89. The maximum absolute atomic E-state index is 10.6. The fraction of sp³-hybridized carbons (Fsp3) is 0.405. The summed E-state index contributed by atoms with van der Waals surface area (Å²) in [6.07, 6.45) is 7.67. The number of hydrogen-bond donors (Lipinski definition) is 0. The Labute approximate surface area is 242 Å². The van der Waals surface area contributed by atoms with Crippen LogP contribution in [0.3, 0.4) is 0 Å². The standard InChI is InChI=1S/C13H18.C8H8O.C8H10.C4H9N.2C2H6/c1-5-10(3)13(6-2)11(4)9-12-7-8-12;1-7(9)8-5-3-2-4-6-8;1-7-5-3-4-6-8(7)2;1-4(2)5-3;2*1-2/h5-6,12H,1-3,7-9H2,4H3;2-6H,1H3;3-6H,1-2H3;1-3H3;2*1-2H3/b13-11-;;;;;. The van der Waals surface area contributed by atoms with Gasteiger partial charge in [-0.05, 0) is 89.0 Å². The van der Waals surface area contributed by atoms with Crippen LogP contribution < -0.4 is 0 Å². The van der Waals surface area contributed by atoms with Crippen molar-refractivity contribution in [3.63, 3.8) is 0 Å². The molecule has 0 unspecified atom stereocenters. The van der Waals surface area contributed by atoms with Gasteiger partial charge in [0.05, 0.1) is 0 Å². The van der Waals surface area contributed by atoms with E-state index in [0.29, 0.717) is 0 Å². The van der Waals surface area contributed by atoms with Gasteiger partial charge in [-0.3, -0.25) is 9.79 Å². The molecule has 0 amide bonds. The summed E-state index contributed by atoms with van der Waals surface area (Å²) in [5, 5.41) is 0. The van der Waals surface area contributed by atoms with E-state index in [1.165, 1.54) is 41.5 Å². The van der Waals surface area contributed by atoms with Crippen LogP contribution in [0.5, 0.6) is 0 Å². The monoisotopic (exact) mass is 531 g/mol. The first kappa shape index (κ1) is 40.2. The number of hydrogen-bond acceptors (Lipinski definition) is 2. The summed E-state index contributed by atoms with van der Waals surface area (Å²) in [5.74, 6) is 1.04. The molecule has 1 aliphatic rings. The molecule has 0 N–H and O–H groups in total. The summed E-state index contributed by atoms with van der Waals surface area (Å²) in [4.78, 5) is 14.5. The molecular weight excluding hydrogens is 474 g/mol. The largest absolute Gasteiger partial charge is 0.298 e. The van der Waals surface area contributed by atoms with Gasteiger partial charge in [-0.1, -0.05) is 120 Å². The topological polar surface area (TPSA) is 29.4 Å². The second-order valence-electron chi connectivity index (χ2n) is 8.95. The predicted molar refractivity (Wildman–Crippen MR) is 179 cm³/mol. The zero-order valence-corrected chi connectivity index (χ0v) is 27.0. The zero-order chi connectivity index (χ0) is 30.8. The molecule has 2 aromatic carbocycles. The molecule has 2 heteroatoms. The second-order valence-corrected chi connectivity index (χ2v) is 8.95. The number of Topliss-reactive ketones (excluding diaryl/α,β-unsaturated/α-hetero) is 1. The van der Waals surface area contributed by atoms with Crippen molar-refractivity contribution in [2.24, 2.45) is 10.9 Å². The van der Waals surface area contributed by atoms with E-state index in [9.17, 15) is 4.79 Å². The Kier molecular flexibility index (Phi) is 27.2. The fourth-order valence-electron chi connectivity index (χ4n) is 2.89. The third kappa shape index (κ3) is 22.4. The van der Waals surface area contributed by atoms with Crippen molar-refractivity contribution in [2.75, 3.05) is 7.05 Å². The van der Waals surface area contributed by atoms with Crippen LogP contribution in [-0.2, 0) is 0 Å². The molecular formula is C37H57NO. The van der Waals surface area contributed by atoms with Crippen LogP contribution in [0.4, 0.5) is 0 Å². The molecule has 1 saturated carbocycles. The molecule has 39 heavy (non-hydrogen) atoms. The molecule has 3 rings (SSSR count). The number of nitrogens with zero attached hydrogens (tertiary/aromatic N) is 1. The van der Waals surface area contributed by atoms with E-state index < -0.39 is 0 Å². The number of aryl methyl sites for hydroxylation is 2. The second kappa shape index (κ2) is 26.4. The minimum atomic E-state index is 0.121. The first-order valence-electron chi connectivity index (χ1n) is 14.2.